The number of hydrogen-bond acceptors (Lipinski definition) is 2. The molecular weight excluding hydrogens is 585 g/mol. The maximum Gasteiger partial charge on any atom is 0.235 e. The van der Waals surface area contributed by atoms with Crippen LogP contribution in [-0.2, 0) is 25.7 Å². The van der Waals surface area contributed by atoms with E-state index >= 15 is 0 Å². The normalized spacial score (nSPS) is 13.5. The number of aryl methyl sites for hydroxylation is 4. The van der Waals surface area contributed by atoms with Gasteiger partial charge in [0, 0.05) is 38.4 Å². The first kappa shape index (κ1) is 26.1. The van der Waals surface area contributed by atoms with Crippen LogP contribution in [0.25, 0.3) is 77.8 Å². The summed E-state index contributed by atoms with van der Waals surface area (Å²) in [4.78, 5) is 10.6. The fourth-order valence-electron chi connectivity index (χ4n) is 8.03. The van der Waals surface area contributed by atoms with Crippen LogP contribution < -0.4 is 0 Å². The highest BCUT2D eigenvalue weighted by Gasteiger charge is 2.25. The van der Waals surface area contributed by atoms with Gasteiger partial charge in [0.05, 0.1) is 33.5 Å². The van der Waals surface area contributed by atoms with Gasteiger partial charge in [-0.25, -0.2) is 9.97 Å². The van der Waals surface area contributed by atoms with Gasteiger partial charge in [-0.2, -0.15) is 0 Å². The highest BCUT2D eigenvalue weighted by Crippen LogP contribution is 2.43. The minimum Gasteiger partial charge on any atom is -0.309 e. The molecule has 0 aliphatic heterocycles. The second kappa shape index (κ2) is 9.76. The Hall–Kier alpha value is -6.00. The van der Waals surface area contributed by atoms with Crippen molar-refractivity contribution in [2.45, 2.75) is 25.7 Å². The van der Waals surface area contributed by atoms with Crippen molar-refractivity contribution in [3.05, 3.63) is 156 Å². The zero-order valence-electron chi connectivity index (χ0n) is 26.3. The Morgan fingerprint density at radius 1 is 0.375 bits per heavy atom. The summed E-state index contributed by atoms with van der Waals surface area (Å²) in [7, 11) is 0. The fourth-order valence-corrected chi connectivity index (χ4v) is 8.03. The van der Waals surface area contributed by atoms with E-state index in [1.807, 2.05) is 0 Å². The number of fused-ring (bicyclic) bond motifs is 8. The highest BCUT2D eigenvalue weighted by molar-refractivity contribution is 6.19. The Morgan fingerprint density at radius 2 is 0.771 bits per heavy atom. The van der Waals surface area contributed by atoms with Gasteiger partial charge in [0.25, 0.3) is 0 Å². The second-order valence-electron chi connectivity index (χ2n) is 13.3. The van der Waals surface area contributed by atoms with E-state index in [-0.39, 0.29) is 0 Å². The summed E-state index contributed by atoms with van der Waals surface area (Å²) < 4.78 is 4.79. The van der Waals surface area contributed by atoms with E-state index in [1.54, 1.807) is 0 Å². The van der Waals surface area contributed by atoms with Crippen LogP contribution in [0.3, 0.4) is 0 Å². The zero-order valence-corrected chi connectivity index (χ0v) is 26.3. The van der Waals surface area contributed by atoms with E-state index in [1.165, 1.54) is 66.0 Å². The lowest BCUT2D eigenvalue weighted by atomic mass is 9.87. The van der Waals surface area contributed by atoms with Gasteiger partial charge in [0.2, 0.25) is 5.95 Å². The molecule has 0 spiro atoms. The van der Waals surface area contributed by atoms with Crippen LogP contribution in [-0.4, -0.2) is 19.1 Å². The third-order valence-electron chi connectivity index (χ3n) is 10.7. The molecule has 0 bridgehead atoms. The van der Waals surface area contributed by atoms with Gasteiger partial charge >= 0.3 is 0 Å². The number of aromatic nitrogens is 4. The van der Waals surface area contributed by atoms with Gasteiger partial charge in [-0.1, -0.05) is 78.9 Å². The Morgan fingerprint density at radius 3 is 1.27 bits per heavy atom. The Labute approximate surface area is 277 Å². The molecule has 2 aliphatic carbocycles. The van der Waals surface area contributed by atoms with Crippen LogP contribution in [0.1, 0.15) is 22.3 Å². The molecule has 9 aromatic rings. The van der Waals surface area contributed by atoms with Crippen molar-refractivity contribution in [3.8, 4) is 34.2 Å². The van der Waals surface area contributed by atoms with Gasteiger partial charge in [-0.05, 0) is 103 Å². The molecule has 6 aromatic carbocycles. The van der Waals surface area contributed by atoms with Crippen LogP contribution in [0.15, 0.2) is 133 Å². The summed E-state index contributed by atoms with van der Waals surface area (Å²) >= 11 is 0. The average Bonchev–Trinajstić information content (AvgIpc) is 3.60. The third kappa shape index (κ3) is 3.71. The maximum absolute atomic E-state index is 5.32. The molecule has 0 saturated heterocycles. The first-order chi connectivity index (χ1) is 23.8. The molecule has 0 fully saturated rings. The van der Waals surface area contributed by atoms with E-state index in [0.717, 1.165) is 53.7 Å². The molecule has 48 heavy (non-hydrogen) atoms. The minimum absolute atomic E-state index is 0.699. The first-order valence-corrected chi connectivity index (χ1v) is 16.9. The summed E-state index contributed by atoms with van der Waals surface area (Å²) in [5.41, 5.74) is 15.8. The highest BCUT2D eigenvalue weighted by atomic mass is 15.2. The Kier molecular flexibility index (Phi) is 5.31. The predicted octanol–water partition coefficient (Wildman–Crippen LogP) is 10.2. The lowest BCUT2D eigenvalue weighted by molar-refractivity contribution is 0.842. The van der Waals surface area contributed by atoms with E-state index in [4.69, 9.17) is 9.97 Å². The van der Waals surface area contributed by atoms with Crippen molar-refractivity contribution in [3.63, 3.8) is 0 Å². The second-order valence-corrected chi connectivity index (χ2v) is 13.3. The summed E-state index contributed by atoms with van der Waals surface area (Å²) in [5.74, 6) is 0.699. The molecule has 3 aromatic heterocycles. The van der Waals surface area contributed by atoms with E-state index < -0.39 is 0 Å². The largest absolute Gasteiger partial charge is 0.309 e. The van der Waals surface area contributed by atoms with Crippen LogP contribution in [0.5, 0.6) is 0 Å². The van der Waals surface area contributed by atoms with Crippen molar-refractivity contribution in [2.75, 3.05) is 0 Å². The van der Waals surface area contributed by atoms with Crippen molar-refractivity contribution >= 4 is 43.6 Å². The molecule has 11 rings (SSSR count). The molecule has 0 unspecified atom stereocenters. The van der Waals surface area contributed by atoms with Crippen molar-refractivity contribution in [1.82, 2.24) is 19.1 Å². The summed E-state index contributed by atoms with van der Waals surface area (Å²) in [6.45, 7) is 0. The molecule has 2 aliphatic rings. The van der Waals surface area contributed by atoms with E-state index in [9.17, 15) is 0 Å². The average molecular weight is 615 g/mol. The molecule has 4 heteroatoms. The quantitative estimate of drug-likeness (QED) is 0.198. The third-order valence-corrected chi connectivity index (χ3v) is 10.7. The van der Waals surface area contributed by atoms with Gasteiger partial charge in [0.1, 0.15) is 0 Å². The molecule has 0 radical (unpaired) electrons. The molecule has 226 valence electrons. The number of nitrogens with zero attached hydrogens (tertiary/aromatic N) is 4. The monoisotopic (exact) mass is 614 g/mol. The lowest BCUT2D eigenvalue weighted by Gasteiger charge is -2.19. The lowest BCUT2D eigenvalue weighted by Crippen LogP contribution is -2.09. The van der Waals surface area contributed by atoms with E-state index in [2.05, 4.69) is 143 Å². The smallest absolute Gasteiger partial charge is 0.235 e. The van der Waals surface area contributed by atoms with E-state index in [0.29, 0.717) is 5.95 Å². The van der Waals surface area contributed by atoms with Crippen molar-refractivity contribution in [1.29, 1.82) is 0 Å². The standard InChI is InChI=1S/C44H30N4/c1-4-10-27(11-5-1)38-26-39(28-12-6-2-7-13-28)46-44(45-38)48-41-23-32-19-17-30(32)21-35(41)37-24-42-36(25-43(37)48)34-20-29-16-18-31(29)22-40(34)47(42)33-14-8-3-9-15-33/h1-15,20-26H,16-19H2. The summed E-state index contributed by atoms with van der Waals surface area (Å²) in [6, 6.07) is 48.4. The van der Waals surface area contributed by atoms with Crippen LogP contribution in [0.2, 0.25) is 0 Å². The predicted molar refractivity (Wildman–Crippen MR) is 196 cm³/mol. The molecular formula is C44H30N4. The molecule has 0 saturated carbocycles. The topological polar surface area (TPSA) is 35.6 Å². The summed E-state index contributed by atoms with van der Waals surface area (Å²) in [6.07, 6.45) is 4.56. The number of para-hydroxylation sites is 1. The van der Waals surface area contributed by atoms with Crippen molar-refractivity contribution < 1.29 is 0 Å². The van der Waals surface area contributed by atoms with Gasteiger partial charge < -0.3 is 4.57 Å². The van der Waals surface area contributed by atoms with Gasteiger partial charge in [0.15, 0.2) is 0 Å². The van der Waals surface area contributed by atoms with Crippen molar-refractivity contribution in [2.24, 2.45) is 0 Å². The molecule has 3 heterocycles. The van der Waals surface area contributed by atoms with Crippen LogP contribution in [0.4, 0.5) is 0 Å². The zero-order chi connectivity index (χ0) is 31.3. The summed E-state index contributed by atoms with van der Waals surface area (Å²) in [5, 5.41) is 5.06. The van der Waals surface area contributed by atoms with Crippen LogP contribution >= 0.6 is 0 Å². The molecule has 0 atom stereocenters. The number of hydrogen-bond donors (Lipinski definition) is 0. The Bertz CT molecular complexity index is 2700. The molecule has 0 amide bonds. The van der Waals surface area contributed by atoms with Crippen LogP contribution in [0, 0.1) is 0 Å². The van der Waals surface area contributed by atoms with Gasteiger partial charge in [-0.3, -0.25) is 4.57 Å². The minimum atomic E-state index is 0.699. The SMILES string of the molecule is c1ccc(-c2cc(-c3ccccc3)nc(-n3c4cc5c(cc4c4cc6c(cc43)c3cc4c(cc3n6-c3ccccc3)CC4)CC5)n2)cc1. The molecule has 0 N–H and O–H groups in total. The number of rotatable bonds is 4. The molecule has 4 nitrogen and oxygen atoms in total. The number of benzene rings is 6. The maximum atomic E-state index is 5.32. The fraction of sp³-hybridized carbons (Fsp3) is 0.0909. The first-order valence-electron chi connectivity index (χ1n) is 16.9. The Balaban J connectivity index is 1.28. The van der Waals surface area contributed by atoms with Gasteiger partial charge in [-0.15, -0.1) is 0 Å².